The Morgan fingerprint density at radius 1 is 1.38 bits per heavy atom. The zero-order valence-electron chi connectivity index (χ0n) is 8.41. The fraction of sp³-hybridized carbons (Fsp3) is 0. The molecular formula is C10H10N6. The van der Waals surface area contributed by atoms with E-state index in [2.05, 4.69) is 20.5 Å². The molecule has 0 bridgehead atoms. The molecule has 0 aliphatic carbocycles. The third-order valence-corrected chi connectivity index (χ3v) is 1.50. The van der Waals surface area contributed by atoms with E-state index in [1.54, 1.807) is 12.4 Å². The molecule has 6 heteroatoms. The zero-order chi connectivity index (χ0) is 11.6. The first kappa shape index (κ1) is 11.4. The van der Waals surface area contributed by atoms with E-state index in [0.717, 1.165) is 11.9 Å². The Morgan fingerprint density at radius 3 is 2.81 bits per heavy atom. The average molecular weight is 214 g/mol. The quantitative estimate of drug-likeness (QED) is 0.330. The van der Waals surface area contributed by atoms with E-state index in [4.69, 9.17) is 11.0 Å². The molecule has 1 aromatic carbocycles. The Morgan fingerprint density at radius 2 is 2.12 bits per heavy atom. The molecule has 0 atom stereocenters. The van der Waals surface area contributed by atoms with E-state index in [1.807, 2.05) is 30.3 Å². The maximum absolute atomic E-state index is 8.10. The summed E-state index contributed by atoms with van der Waals surface area (Å²) in [6, 6.07) is 9.51. The summed E-state index contributed by atoms with van der Waals surface area (Å²) >= 11 is 0. The van der Waals surface area contributed by atoms with Crippen LogP contribution in [0.1, 0.15) is 5.56 Å². The number of rotatable bonds is 3. The van der Waals surface area contributed by atoms with Crippen molar-refractivity contribution in [3.05, 3.63) is 35.9 Å². The van der Waals surface area contributed by atoms with Crippen LogP contribution in [0.5, 0.6) is 0 Å². The van der Waals surface area contributed by atoms with Crippen LogP contribution in [0.3, 0.4) is 0 Å². The summed E-state index contributed by atoms with van der Waals surface area (Å²) in [5, 5.41) is 11.9. The Kier molecular flexibility index (Phi) is 4.79. The molecule has 3 N–H and O–H groups in total. The molecule has 0 aliphatic rings. The van der Waals surface area contributed by atoms with Gasteiger partial charge in [0.1, 0.15) is 6.34 Å². The maximum Gasteiger partial charge on any atom is 0.215 e. The van der Waals surface area contributed by atoms with Crippen molar-refractivity contribution in [1.29, 1.82) is 5.26 Å². The van der Waals surface area contributed by atoms with Crippen LogP contribution in [0.2, 0.25) is 0 Å². The van der Waals surface area contributed by atoms with Crippen molar-refractivity contribution in [1.82, 2.24) is 5.43 Å². The van der Waals surface area contributed by atoms with Crippen molar-refractivity contribution in [2.24, 2.45) is 20.8 Å². The van der Waals surface area contributed by atoms with Crippen LogP contribution in [-0.4, -0.2) is 18.5 Å². The van der Waals surface area contributed by atoms with Crippen LogP contribution in [0.15, 0.2) is 45.4 Å². The first-order chi connectivity index (χ1) is 7.83. The second-order valence-corrected chi connectivity index (χ2v) is 2.64. The SMILES string of the molecule is N#CN=CN=C(N)N/N=C/c1ccccc1. The number of nitriles is 1. The van der Waals surface area contributed by atoms with E-state index in [9.17, 15) is 0 Å². The largest absolute Gasteiger partial charge is 0.368 e. The summed E-state index contributed by atoms with van der Waals surface area (Å²) < 4.78 is 0. The molecule has 0 aliphatic heterocycles. The van der Waals surface area contributed by atoms with Gasteiger partial charge in [-0.05, 0) is 5.56 Å². The average Bonchev–Trinajstić information content (AvgIpc) is 2.31. The van der Waals surface area contributed by atoms with Crippen LogP contribution in [-0.2, 0) is 0 Å². The predicted octanol–water partition coefficient (Wildman–Crippen LogP) is 0.434. The number of nitrogens with two attached hydrogens (primary N) is 1. The van der Waals surface area contributed by atoms with Crippen molar-refractivity contribution in [3.63, 3.8) is 0 Å². The lowest BCUT2D eigenvalue weighted by atomic mass is 10.2. The molecule has 0 saturated heterocycles. The van der Waals surface area contributed by atoms with Crippen molar-refractivity contribution >= 4 is 18.5 Å². The van der Waals surface area contributed by atoms with Gasteiger partial charge in [0, 0.05) is 0 Å². The summed E-state index contributed by atoms with van der Waals surface area (Å²) in [6.45, 7) is 0. The lowest BCUT2D eigenvalue weighted by molar-refractivity contribution is 1.02. The minimum absolute atomic E-state index is 0.0613. The van der Waals surface area contributed by atoms with Gasteiger partial charge in [-0.15, -0.1) is 0 Å². The molecule has 6 nitrogen and oxygen atoms in total. The molecule has 0 heterocycles. The lowest BCUT2D eigenvalue weighted by Crippen LogP contribution is -2.27. The second kappa shape index (κ2) is 6.73. The Bertz CT molecular complexity index is 440. The molecule has 16 heavy (non-hydrogen) atoms. The zero-order valence-corrected chi connectivity index (χ0v) is 8.41. The van der Waals surface area contributed by atoms with E-state index in [0.29, 0.717) is 0 Å². The molecule has 1 aromatic rings. The van der Waals surface area contributed by atoms with Gasteiger partial charge >= 0.3 is 0 Å². The summed E-state index contributed by atoms with van der Waals surface area (Å²) in [4.78, 5) is 6.80. The summed E-state index contributed by atoms with van der Waals surface area (Å²) in [7, 11) is 0. The van der Waals surface area contributed by atoms with Gasteiger partial charge in [0.05, 0.1) is 6.21 Å². The van der Waals surface area contributed by atoms with Crippen LogP contribution in [0.25, 0.3) is 0 Å². The highest BCUT2D eigenvalue weighted by atomic mass is 15.3. The fourth-order valence-electron chi connectivity index (χ4n) is 0.858. The smallest absolute Gasteiger partial charge is 0.215 e. The highest BCUT2D eigenvalue weighted by molar-refractivity contribution is 5.87. The molecule has 0 radical (unpaired) electrons. The van der Waals surface area contributed by atoms with Gasteiger partial charge in [-0.3, -0.25) is 0 Å². The highest BCUT2D eigenvalue weighted by Gasteiger charge is 1.85. The number of hydrogen-bond donors (Lipinski definition) is 2. The van der Waals surface area contributed by atoms with Gasteiger partial charge in [0.2, 0.25) is 12.2 Å². The van der Waals surface area contributed by atoms with Crippen LogP contribution in [0.4, 0.5) is 0 Å². The number of guanidine groups is 1. The van der Waals surface area contributed by atoms with E-state index in [-0.39, 0.29) is 5.96 Å². The highest BCUT2D eigenvalue weighted by Crippen LogP contribution is 1.92. The van der Waals surface area contributed by atoms with Crippen molar-refractivity contribution in [2.75, 3.05) is 0 Å². The number of nitrogens with one attached hydrogen (secondary N) is 1. The van der Waals surface area contributed by atoms with E-state index >= 15 is 0 Å². The second-order valence-electron chi connectivity index (χ2n) is 2.64. The van der Waals surface area contributed by atoms with E-state index < -0.39 is 0 Å². The fourth-order valence-corrected chi connectivity index (χ4v) is 0.858. The number of hydrazone groups is 1. The minimum Gasteiger partial charge on any atom is -0.368 e. The molecule has 0 amide bonds. The Hall–Kier alpha value is -2.68. The standard InChI is InChI=1S/C10H10N6/c11-7-13-8-14-10(12)16-15-6-9-4-2-1-3-5-9/h1-6,8H,(H3,12,13,14,16)/b15-6+. The topological polar surface area (TPSA) is 98.9 Å². The molecule has 80 valence electrons. The molecule has 0 fully saturated rings. The van der Waals surface area contributed by atoms with Crippen molar-refractivity contribution < 1.29 is 0 Å². The number of benzene rings is 1. The molecule has 0 aromatic heterocycles. The minimum atomic E-state index is 0.0613. The molecule has 0 saturated carbocycles. The number of aliphatic imine (C=N–C) groups is 2. The summed E-state index contributed by atoms with van der Waals surface area (Å²) in [5.41, 5.74) is 8.83. The first-order valence-corrected chi connectivity index (χ1v) is 4.41. The van der Waals surface area contributed by atoms with Crippen LogP contribution < -0.4 is 11.2 Å². The number of nitrogens with zero attached hydrogens (tertiary/aromatic N) is 4. The van der Waals surface area contributed by atoms with Crippen LogP contribution >= 0.6 is 0 Å². The van der Waals surface area contributed by atoms with Gasteiger partial charge in [0.15, 0.2) is 0 Å². The third kappa shape index (κ3) is 4.53. The number of hydrogen-bond acceptors (Lipinski definition) is 3. The lowest BCUT2D eigenvalue weighted by Gasteiger charge is -1.95. The molecule has 1 rings (SSSR count). The molecule has 0 spiro atoms. The summed E-state index contributed by atoms with van der Waals surface area (Å²) in [5.74, 6) is 0.0613. The molecular weight excluding hydrogens is 204 g/mol. The van der Waals surface area contributed by atoms with Crippen LogP contribution in [0, 0.1) is 11.5 Å². The third-order valence-electron chi connectivity index (χ3n) is 1.50. The van der Waals surface area contributed by atoms with Gasteiger partial charge in [-0.2, -0.15) is 15.4 Å². The first-order valence-electron chi connectivity index (χ1n) is 4.41. The van der Waals surface area contributed by atoms with Gasteiger partial charge in [0.25, 0.3) is 0 Å². The molecule has 0 unspecified atom stereocenters. The van der Waals surface area contributed by atoms with Crippen molar-refractivity contribution in [3.8, 4) is 6.19 Å². The maximum atomic E-state index is 8.10. The Labute approximate surface area is 92.8 Å². The summed E-state index contributed by atoms with van der Waals surface area (Å²) in [6.07, 6.45) is 4.19. The van der Waals surface area contributed by atoms with Gasteiger partial charge in [-0.25, -0.2) is 10.4 Å². The van der Waals surface area contributed by atoms with E-state index in [1.165, 1.54) is 0 Å². The normalized spacial score (nSPS) is 11.8. The van der Waals surface area contributed by atoms with Gasteiger partial charge in [-0.1, -0.05) is 30.3 Å². The van der Waals surface area contributed by atoms with Crippen molar-refractivity contribution in [2.45, 2.75) is 0 Å². The van der Waals surface area contributed by atoms with Gasteiger partial charge < -0.3 is 5.73 Å². The Balaban J connectivity index is 2.46. The monoisotopic (exact) mass is 214 g/mol. The predicted molar refractivity (Wildman–Crippen MR) is 62.9 cm³/mol.